The molecule has 0 bridgehead atoms. The third-order valence-electron chi connectivity index (χ3n) is 1.10. The van der Waals surface area contributed by atoms with Crippen LogP contribution in [0, 0.1) is 11.6 Å². The SMILES string of the molecule is CC(=O)Nc1n[nH]c(C)nc1=S. The van der Waals surface area contributed by atoms with Gasteiger partial charge in [0.15, 0.2) is 10.5 Å². The summed E-state index contributed by atoms with van der Waals surface area (Å²) in [7, 11) is 0. The van der Waals surface area contributed by atoms with E-state index >= 15 is 0 Å². The summed E-state index contributed by atoms with van der Waals surface area (Å²) in [5.74, 6) is 0.699. The van der Waals surface area contributed by atoms with Crippen LogP contribution < -0.4 is 5.32 Å². The summed E-state index contributed by atoms with van der Waals surface area (Å²) < 4.78 is 0.293. The van der Waals surface area contributed by atoms with E-state index in [4.69, 9.17) is 12.2 Å². The maximum Gasteiger partial charge on any atom is 0.222 e. The molecule has 2 N–H and O–H groups in total. The van der Waals surface area contributed by atoms with Crippen LogP contribution in [0.15, 0.2) is 0 Å². The number of nitrogens with one attached hydrogen (secondary N) is 2. The van der Waals surface area contributed by atoms with Gasteiger partial charge in [0.25, 0.3) is 0 Å². The number of rotatable bonds is 1. The lowest BCUT2D eigenvalue weighted by molar-refractivity contribution is -0.114. The van der Waals surface area contributed by atoms with Gasteiger partial charge in [-0.05, 0) is 6.92 Å². The number of amides is 1. The van der Waals surface area contributed by atoms with E-state index in [1.807, 2.05) is 0 Å². The highest BCUT2D eigenvalue weighted by Gasteiger charge is 2.00. The summed E-state index contributed by atoms with van der Waals surface area (Å²) >= 11 is 4.85. The fraction of sp³-hybridized carbons (Fsp3) is 0.333. The van der Waals surface area contributed by atoms with E-state index in [1.165, 1.54) is 6.92 Å². The zero-order valence-corrected chi connectivity index (χ0v) is 7.53. The Morgan fingerprint density at radius 2 is 2.33 bits per heavy atom. The van der Waals surface area contributed by atoms with Crippen molar-refractivity contribution in [3.8, 4) is 0 Å². The van der Waals surface area contributed by atoms with E-state index in [1.54, 1.807) is 6.92 Å². The zero-order valence-electron chi connectivity index (χ0n) is 6.71. The van der Waals surface area contributed by atoms with Gasteiger partial charge in [-0.2, -0.15) is 5.10 Å². The normalized spacial score (nSPS) is 9.50. The molecule has 0 spiro atoms. The summed E-state index contributed by atoms with van der Waals surface area (Å²) in [6.45, 7) is 3.12. The maximum atomic E-state index is 10.6. The van der Waals surface area contributed by atoms with E-state index in [-0.39, 0.29) is 5.91 Å². The van der Waals surface area contributed by atoms with Gasteiger partial charge in [0.2, 0.25) is 5.91 Å². The summed E-state index contributed by atoms with van der Waals surface area (Å²) in [6, 6.07) is 0. The first kappa shape index (κ1) is 8.79. The van der Waals surface area contributed by atoms with Gasteiger partial charge in [0.1, 0.15) is 5.82 Å². The smallest absolute Gasteiger partial charge is 0.222 e. The molecule has 64 valence electrons. The number of aryl methyl sites for hydroxylation is 1. The number of hydrogen-bond acceptors (Lipinski definition) is 4. The molecule has 6 heteroatoms. The quantitative estimate of drug-likeness (QED) is 0.633. The Hall–Kier alpha value is -1.30. The van der Waals surface area contributed by atoms with Crippen LogP contribution in [-0.4, -0.2) is 21.1 Å². The summed E-state index contributed by atoms with van der Waals surface area (Å²) in [6.07, 6.45) is 0. The molecular formula is C6H8N4OS. The van der Waals surface area contributed by atoms with E-state index < -0.39 is 0 Å². The minimum atomic E-state index is -0.215. The number of hydrogen-bond donors (Lipinski definition) is 2. The predicted octanol–water partition coefficient (Wildman–Crippen LogP) is 0.801. The minimum absolute atomic E-state index is 0.215. The standard InChI is InChI=1S/C6H8N4OS/c1-3-7-6(12)5(10-9-3)8-4(2)11/h1-2H3,(H,7,9,12)(H,8,10,11). The van der Waals surface area contributed by atoms with Crippen molar-refractivity contribution >= 4 is 23.9 Å². The third kappa shape index (κ3) is 2.09. The van der Waals surface area contributed by atoms with Crippen molar-refractivity contribution in [2.75, 3.05) is 5.32 Å². The second kappa shape index (κ2) is 3.40. The van der Waals surface area contributed by atoms with Crippen molar-refractivity contribution < 1.29 is 4.79 Å². The molecule has 0 aliphatic rings. The Labute approximate surface area is 74.2 Å². The molecule has 0 unspecified atom stereocenters. The van der Waals surface area contributed by atoms with E-state index in [0.717, 1.165) is 0 Å². The topological polar surface area (TPSA) is 70.7 Å². The lowest BCUT2D eigenvalue weighted by Crippen LogP contribution is -2.10. The van der Waals surface area contributed by atoms with Crippen LogP contribution in [0.25, 0.3) is 0 Å². The Kier molecular flexibility index (Phi) is 2.49. The van der Waals surface area contributed by atoms with Gasteiger partial charge in [-0.1, -0.05) is 12.2 Å². The predicted molar refractivity (Wildman–Crippen MR) is 46.3 cm³/mol. The lowest BCUT2D eigenvalue weighted by Gasteiger charge is -1.99. The summed E-state index contributed by atoms with van der Waals surface area (Å²) in [5.41, 5.74) is 0. The molecule has 5 nitrogen and oxygen atoms in total. The molecule has 0 aliphatic carbocycles. The van der Waals surface area contributed by atoms with Gasteiger partial charge < -0.3 is 5.32 Å². The van der Waals surface area contributed by atoms with Crippen molar-refractivity contribution in [3.63, 3.8) is 0 Å². The van der Waals surface area contributed by atoms with E-state index in [9.17, 15) is 4.79 Å². The van der Waals surface area contributed by atoms with Crippen LogP contribution in [0.5, 0.6) is 0 Å². The van der Waals surface area contributed by atoms with Crippen LogP contribution in [0.3, 0.4) is 0 Å². The maximum absolute atomic E-state index is 10.6. The molecule has 1 amide bonds. The first-order chi connectivity index (χ1) is 5.59. The number of carbonyl (C=O) groups is 1. The van der Waals surface area contributed by atoms with Crippen molar-refractivity contribution in [3.05, 3.63) is 10.5 Å². The van der Waals surface area contributed by atoms with Gasteiger partial charge in [0, 0.05) is 6.92 Å². The number of aromatic nitrogens is 3. The molecule has 0 aliphatic heterocycles. The number of H-pyrrole nitrogens is 1. The van der Waals surface area contributed by atoms with Crippen LogP contribution in [0.1, 0.15) is 12.7 Å². The molecule has 0 fully saturated rings. The molecule has 0 aromatic carbocycles. The van der Waals surface area contributed by atoms with E-state index in [2.05, 4.69) is 20.5 Å². The van der Waals surface area contributed by atoms with Gasteiger partial charge >= 0.3 is 0 Å². The molecule has 0 radical (unpaired) electrons. The van der Waals surface area contributed by atoms with Crippen LogP contribution in [-0.2, 0) is 4.79 Å². The Balaban J connectivity index is 3.02. The fourth-order valence-corrected chi connectivity index (χ4v) is 0.897. The number of anilines is 1. The second-order valence-electron chi connectivity index (χ2n) is 2.26. The van der Waals surface area contributed by atoms with Crippen LogP contribution in [0.2, 0.25) is 0 Å². The van der Waals surface area contributed by atoms with Crippen LogP contribution >= 0.6 is 12.2 Å². The molecule has 0 saturated heterocycles. The molecule has 1 aromatic rings. The molecule has 1 aromatic heterocycles. The average molecular weight is 184 g/mol. The Morgan fingerprint density at radius 1 is 1.67 bits per heavy atom. The largest absolute Gasteiger partial charge is 0.307 e. The number of nitrogens with zero attached hydrogens (tertiary/aromatic N) is 2. The van der Waals surface area contributed by atoms with Crippen LogP contribution in [0.4, 0.5) is 5.82 Å². The number of aromatic amines is 1. The first-order valence-corrected chi connectivity index (χ1v) is 3.71. The van der Waals surface area contributed by atoms with E-state index in [0.29, 0.717) is 16.3 Å². The lowest BCUT2D eigenvalue weighted by atomic mass is 10.6. The van der Waals surface area contributed by atoms with Crippen molar-refractivity contribution in [1.29, 1.82) is 0 Å². The third-order valence-corrected chi connectivity index (χ3v) is 1.38. The highest BCUT2D eigenvalue weighted by Crippen LogP contribution is 2.00. The summed E-state index contributed by atoms with van der Waals surface area (Å²) in [4.78, 5) is 14.5. The highest BCUT2D eigenvalue weighted by atomic mass is 32.1. The number of carbonyl (C=O) groups excluding carboxylic acids is 1. The van der Waals surface area contributed by atoms with Gasteiger partial charge in [0.05, 0.1) is 0 Å². The first-order valence-electron chi connectivity index (χ1n) is 3.30. The molecule has 1 rings (SSSR count). The van der Waals surface area contributed by atoms with Gasteiger partial charge in [-0.3, -0.25) is 9.89 Å². The minimum Gasteiger partial charge on any atom is -0.307 e. The van der Waals surface area contributed by atoms with Gasteiger partial charge in [-0.15, -0.1) is 0 Å². The monoisotopic (exact) mass is 184 g/mol. The van der Waals surface area contributed by atoms with Crippen molar-refractivity contribution in [1.82, 2.24) is 15.2 Å². The fourth-order valence-electron chi connectivity index (χ4n) is 0.663. The Morgan fingerprint density at radius 3 is 2.83 bits per heavy atom. The molecule has 12 heavy (non-hydrogen) atoms. The van der Waals surface area contributed by atoms with Crippen molar-refractivity contribution in [2.24, 2.45) is 0 Å². The molecule has 1 heterocycles. The molecule has 0 saturated carbocycles. The zero-order chi connectivity index (χ0) is 9.14. The highest BCUT2D eigenvalue weighted by molar-refractivity contribution is 7.71. The van der Waals surface area contributed by atoms with Crippen molar-refractivity contribution in [2.45, 2.75) is 13.8 Å². The Bertz CT molecular complexity index is 359. The molecule has 0 atom stereocenters. The summed E-state index contributed by atoms with van der Waals surface area (Å²) in [5, 5.41) is 8.85. The second-order valence-corrected chi connectivity index (χ2v) is 2.64. The average Bonchev–Trinajstić information content (AvgIpc) is 1.94. The van der Waals surface area contributed by atoms with Gasteiger partial charge in [-0.25, -0.2) is 4.98 Å². The molecular weight excluding hydrogens is 176 g/mol.